The molecule has 1 aromatic carbocycles. The number of hydrogen-bond acceptors (Lipinski definition) is 5. The number of halogens is 1. The van der Waals surface area contributed by atoms with Crippen LogP contribution >= 0.6 is 39.0 Å². The van der Waals surface area contributed by atoms with Crippen molar-refractivity contribution < 1.29 is 4.79 Å². The summed E-state index contributed by atoms with van der Waals surface area (Å²) in [5.74, 6) is 0.595. The Bertz CT molecular complexity index is 642. The fourth-order valence-corrected chi connectivity index (χ4v) is 3.37. The van der Waals surface area contributed by atoms with Gasteiger partial charge in [-0.2, -0.15) is 0 Å². The zero-order valence-electron chi connectivity index (χ0n) is 10.7. The van der Waals surface area contributed by atoms with Crippen molar-refractivity contribution in [1.82, 2.24) is 10.2 Å². The van der Waals surface area contributed by atoms with Gasteiger partial charge in [-0.3, -0.25) is 10.1 Å². The Morgan fingerprint density at radius 2 is 2.20 bits per heavy atom. The van der Waals surface area contributed by atoms with Crippen LogP contribution in [0.5, 0.6) is 0 Å². The average molecular weight is 370 g/mol. The SMILES string of the molecule is C=C(C)CSc1nnc(NC(=O)c2ccccc2Br)s1. The summed E-state index contributed by atoms with van der Waals surface area (Å²) >= 11 is 6.27. The monoisotopic (exact) mass is 369 g/mol. The van der Waals surface area contributed by atoms with E-state index in [1.165, 1.54) is 11.3 Å². The van der Waals surface area contributed by atoms with Gasteiger partial charge in [-0.25, -0.2) is 0 Å². The topological polar surface area (TPSA) is 54.9 Å². The van der Waals surface area contributed by atoms with E-state index in [1.54, 1.807) is 17.8 Å². The standard InChI is InChI=1S/C13H12BrN3OS2/c1-8(2)7-19-13-17-16-12(20-13)15-11(18)9-5-3-4-6-10(9)14/h3-6H,1,7H2,2H3,(H,15,16,18). The Kier molecular flexibility index (Phi) is 5.33. The number of hydrogen-bond donors (Lipinski definition) is 1. The molecule has 2 rings (SSSR count). The van der Waals surface area contributed by atoms with Crippen LogP contribution in [0.4, 0.5) is 5.13 Å². The third-order valence-electron chi connectivity index (χ3n) is 2.19. The zero-order valence-corrected chi connectivity index (χ0v) is 13.9. The van der Waals surface area contributed by atoms with Gasteiger partial charge in [0.05, 0.1) is 5.56 Å². The molecule has 2 aromatic rings. The number of benzene rings is 1. The van der Waals surface area contributed by atoms with Crippen molar-refractivity contribution in [2.75, 3.05) is 11.1 Å². The summed E-state index contributed by atoms with van der Waals surface area (Å²) in [5.41, 5.74) is 1.64. The molecule has 0 aliphatic rings. The zero-order chi connectivity index (χ0) is 14.5. The normalized spacial score (nSPS) is 10.3. The largest absolute Gasteiger partial charge is 0.296 e. The number of amides is 1. The van der Waals surface area contributed by atoms with Gasteiger partial charge in [-0.15, -0.1) is 10.2 Å². The number of rotatable bonds is 5. The Morgan fingerprint density at radius 3 is 2.90 bits per heavy atom. The lowest BCUT2D eigenvalue weighted by Crippen LogP contribution is -2.12. The highest BCUT2D eigenvalue weighted by Gasteiger charge is 2.12. The molecule has 0 spiro atoms. The van der Waals surface area contributed by atoms with Gasteiger partial charge >= 0.3 is 0 Å². The lowest BCUT2D eigenvalue weighted by molar-refractivity contribution is 0.102. The molecule has 4 nitrogen and oxygen atoms in total. The molecule has 0 fully saturated rings. The van der Waals surface area contributed by atoms with Crippen molar-refractivity contribution in [1.29, 1.82) is 0 Å². The number of nitrogens with zero attached hydrogens (tertiary/aromatic N) is 2. The second-order valence-electron chi connectivity index (χ2n) is 4.05. The van der Waals surface area contributed by atoms with Gasteiger partial charge in [0.2, 0.25) is 5.13 Å². The van der Waals surface area contributed by atoms with E-state index in [2.05, 4.69) is 38.0 Å². The van der Waals surface area contributed by atoms with E-state index < -0.39 is 0 Å². The van der Waals surface area contributed by atoms with Gasteiger partial charge in [0.25, 0.3) is 5.91 Å². The van der Waals surface area contributed by atoms with Crippen molar-refractivity contribution in [2.24, 2.45) is 0 Å². The summed E-state index contributed by atoms with van der Waals surface area (Å²) in [6.07, 6.45) is 0. The van der Waals surface area contributed by atoms with Gasteiger partial charge in [0.1, 0.15) is 0 Å². The molecular formula is C13H12BrN3OS2. The molecule has 0 aliphatic carbocycles. The maximum absolute atomic E-state index is 12.1. The van der Waals surface area contributed by atoms with Crippen LogP contribution in [0.1, 0.15) is 17.3 Å². The number of carbonyl (C=O) groups excluding carboxylic acids is 1. The maximum atomic E-state index is 12.1. The molecule has 0 atom stereocenters. The fraction of sp³-hybridized carbons (Fsp3) is 0.154. The molecule has 0 radical (unpaired) electrons. The Balaban J connectivity index is 2.02. The minimum Gasteiger partial charge on any atom is -0.296 e. The third-order valence-corrected chi connectivity index (χ3v) is 5.08. The number of nitrogens with one attached hydrogen (secondary N) is 1. The first-order chi connectivity index (χ1) is 9.56. The molecule has 0 saturated carbocycles. The molecule has 0 aliphatic heterocycles. The summed E-state index contributed by atoms with van der Waals surface area (Å²) in [6.45, 7) is 5.80. The summed E-state index contributed by atoms with van der Waals surface area (Å²) in [4.78, 5) is 12.1. The van der Waals surface area contributed by atoms with E-state index in [9.17, 15) is 4.79 Å². The van der Waals surface area contributed by atoms with Crippen LogP contribution < -0.4 is 5.32 Å². The van der Waals surface area contributed by atoms with Crippen LogP contribution in [0.2, 0.25) is 0 Å². The van der Waals surface area contributed by atoms with Gasteiger partial charge in [-0.05, 0) is 35.0 Å². The average Bonchev–Trinajstić information content (AvgIpc) is 2.84. The minimum atomic E-state index is -0.204. The quantitative estimate of drug-likeness (QED) is 0.486. The number of aromatic nitrogens is 2. The van der Waals surface area contributed by atoms with Crippen LogP contribution in [0.15, 0.2) is 45.2 Å². The van der Waals surface area contributed by atoms with E-state index in [1.807, 2.05) is 25.1 Å². The molecule has 1 aromatic heterocycles. The van der Waals surface area contributed by atoms with Crippen LogP contribution in [0.25, 0.3) is 0 Å². The van der Waals surface area contributed by atoms with E-state index in [0.717, 1.165) is 20.1 Å². The summed E-state index contributed by atoms with van der Waals surface area (Å²) in [6, 6.07) is 7.24. The maximum Gasteiger partial charge on any atom is 0.258 e. The highest BCUT2D eigenvalue weighted by Crippen LogP contribution is 2.27. The second-order valence-corrected chi connectivity index (χ2v) is 7.11. The van der Waals surface area contributed by atoms with Crippen LogP contribution in [0.3, 0.4) is 0 Å². The highest BCUT2D eigenvalue weighted by atomic mass is 79.9. The van der Waals surface area contributed by atoms with Crippen molar-refractivity contribution in [3.8, 4) is 0 Å². The first-order valence-corrected chi connectivity index (χ1v) is 8.32. The summed E-state index contributed by atoms with van der Waals surface area (Å²) in [5, 5.41) is 11.2. The smallest absolute Gasteiger partial charge is 0.258 e. The molecule has 1 heterocycles. The molecule has 0 saturated heterocycles. The van der Waals surface area contributed by atoms with Crippen LogP contribution in [-0.4, -0.2) is 21.9 Å². The fourth-order valence-electron chi connectivity index (χ4n) is 1.31. The first-order valence-electron chi connectivity index (χ1n) is 5.73. The molecule has 104 valence electrons. The number of carbonyl (C=O) groups is 1. The molecule has 1 amide bonds. The Hall–Kier alpha value is -1.18. The summed E-state index contributed by atoms with van der Waals surface area (Å²) < 4.78 is 1.56. The molecule has 7 heteroatoms. The summed E-state index contributed by atoms with van der Waals surface area (Å²) in [7, 11) is 0. The van der Waals surface area contributed by atoms with Crippen molar-refractivity contribution in [2.45, 2.75) is 11.3 Å². The van der Waals surface area contributed by atoms with Crippen LogP contribution in [-0.2, 0) is 0 Å². The van der Waals surface area contributed by atoms with E-state index in [-0.39, 0.29) is 5.91 Å². The van der Waals surface area contributed by atoms with Crippen LogP contribution in [0, 0.1) is 0 Å². The predicted molar refractivity (Wildman–Crippen MR) is 87.5 cm³/mol. The molecule has 1 N–H and O–H groups in total. The minimum absolute atomic E-state index is 0.204. The van der Waals surface area contributed by atoms with Crippen molar-refractivity contribution >= 4 is 50.1 Å². The highest BCUT2D eigenvalue weighted by molar-refractivity contribution is 9.10. The molecule has 20 heavy (non-hydrogen) atoms. The Labute approximate surface area is 133 Å². The molecule has 0 bridgehead atoms. The van der Waals surface area contributed by atoms with Gasteiger partial charge in [0, 0.05) is 10.2 Å². The predicted octanol–water partition coefficient (Wildman–Crippen LogP) is 4.22. The Morgan fingerprint density at radius 1 is 1.45 bits per heavy atom. The van der Waals surface area contributed by atoms with Crippen molar-refractivity contribution in [3.63, 3.8) is 0 Å². The third kappa shape index (κ3) is 4.16. The molecular weight excluding hydrogens is 358 g/mol. The number of anilines is 1. The van der Waals surface area contributed by atoms with Gasteiger partial charge < -0.3 is 0 Å². The first kappa shape index (κ1) is 15.2. The van der Waals surface area contributed by atoms with Gasteiger partial charge in [0.15, 0.2) is 4.34 Å². The molecule has 0 unspecified atom stereocenters. The number of thioether (sulfide) groups is 1. The van der Waals surface area contributed by atoms with E-state index >= 15 is 0 Å². The van der Waals surface area contributed by atoms with E-state index in [0.29, 0.717) is 10.7 Å². The van der Waals surface area contributed by atoms with Gasteiger partial charge in [-0.1, -0.05) is 47.4 Å². The lowest BCUT2D eigenvalue weighted by Gasteiger charge is -2.02. The second kappa shape index (κ2) is 7.01. The van der Waals surface area contributed by atoms with Crippen molar-refractivity contribution in [3.05, 3.63) is 46.5 Å². The van der Waals surface area contributed by atoms with E-state index in [4.69, 9.17) is 0 Å². The lowest BCUT2D eigenvalue weighted by atomic mass is 10.2.